The zero-order chi connectivity index (χ0) is 12.6. The Labute approximate surface area is 102 Å². The Balaban J connectivity index is 2.65. The van der Waals surface area contributed by atoms with Gasteiger partial charge in [0.15, 0.2) is 0 Å². The number of hydrogen-bond donors (Lipinski definition) is 0. The van der Waals surface area contributed by atoms with E-state index in [1.54, 1.807) is 18.5 Å². The molecule has 1 aromatic heterocycles. The lowest BCUT2D eigenvalue weighted by molar-refractivity contribution is -0.689. The van der Waals surface area contributed by atoms with Crippen molar-refractivity contribution in [1.82, 2.24) is 0 Å². The first-order valence-corrected chi connectivity index (χ1v) is 5.73. The summed E-state index contributed by atoms with van der Waals surface area (Å²) < 4.78 is 15.5. The summed E-state index contributed by atoms with van der Waals surface area (Å²) in [7, 11) is 1.76. The van der Waals surface area contributed by atoms with E-state index in [2.05, 4.69) is 32.0 Å². The molecule has 0 atom stereocenters. The van der Waals surface area contributed by atoms with Crippen molar-refractivity contribution in [2.75, 3.05) is 0 Å². The molecule has 0 amide bonds. The Bertz CT molecular complexity index is 573. The van der Waals surface area contributed by atoms with Gasteiger partial charge in [-0.3, -0.25) is 0 Å². The highest BCUT2D eigenvalue weighted by Gasteiger charge is 2.18. The topological polar surface area (TPSA) is 3.88 Å². The molecule has 0 aliphatic heterocycles. The number of benzene rings is 1. The van der Waals surface area contributed by atoms with Crippen LogP contribution < -0.4 is 4.57 Å². The highest BCUT2D eigenvalue weighted by Crippen LogP contribution is 2.21. The minimum absolute atomic E-state index is 0.178. The van der Waals surface area contributed by atoms with Crippen LogP contribution in [-0.4, -0.2) is 0 Å². The van der Waals surface area contributed by atoms with E-state index < -0.39 is 0 Å². The number of rotatable bonds is 1. The van der Waals surface area contributed by atoms with Crippen molar-refractivity contribution < 1.29 is 8.96 Å². The molecule has 1 heterocycles. The summed E-state index contributed by atoms with van der Waals surface area (Å²) in [5.74, 6) is -0.178. The van der Waals surface area contributed by atoms with Crippen LogP contribution in [0.4, 0.5) is 4.39 Å². The van der Waals surface area contributed by atoms with Gasteiger partial charge in [-0.25, -0.2) is 0 Å². The number of pyridine rings is 1. The van der Waals surface area contributed by atoms with Gasteiger partial charge in [-0.15, -0.1) is 4.39 Å². The second kappa shape index (κ2) is 4.28. The average molecular weight is 230 g/mol. The molecule has 0 radical (unpaired) electrons. The van der Waals surface area contributed by atoms with E-state index in [4.69, 9.17) is 0 Å². The molecule has 17 heavy (non-hydrogen) atoms. The average Bonchev–Trinajstić information content (AvgIpc) is 2.28. The molecular formula is C15H17FN+. The van der Waals surface area contributed by atoms with Gasteiger partial charge in [-0.05, 0) is 38.5 Å². The van der Waals surface area contributed by atoms with Gasteiger partial charge >= 0.3 is 5.95 Å². The molecule has 0 aliphatic carbocycles. The predicted molar refractivity (Wildman–Crippen MR) is 67.2 cm³/mol. The van der Waals surface area contributed by atoms with Crippen molar-refractivity contribution in [3.05, 3.63) is 53.0 Å². The summed E-state index contributed by atoms with van der Waals surface area (Å²) in [6.45, 7) is 5.90. The minimum Gasteiger partial charge on any atom is -0.169 e. The molecule has 2 heteroatoms. The maximum atomic E-state index is 13.9. The summed E-state index contributed by atoms with van der Waals surface area (Å²) in [5.41, 5.74) is 5.05. The molecule has 1 nitrogen and oxygen atoms in total. The van der Waals surface area contributed by atoms with E-state index in [0.717, 1.165) is 11.3 Å². The van der Waals surface area contributed by atoms with Gasteiger partial charge in [0.2, 0.25) is 5.69 Å². The van der Waals surface area contributed by atoms with Crippen LogP contribution >= 0.6 is 0 Å². The highest BCUT2D eigenvalue weighted by atomic mass is 19.1. The van der Waals surface area contributed by atoms with Crippen LogP contribution in [-0.2, 0) is 7.05 Å². The molecule has 0 unspecified atom stereocenters. The maximum absolute atomic E-state index is 13.9. The summed E-state index contributed by atoms with van der Waals surface area (Å²) in [6, 6.07) is 10.0. The minimum atomic E-state index is -0.178. The van der Waals surface area contributed by atoms with Gasteiger partial charge in [-0.1, -0.05) is 17.7 Å². The zero-order valence-electron chi connectivity index (χ0n) is 10.7. The first-order chi connectivity index (χ1) is 8.00. The van der Waals surface area contributed by atoms with Crippen LogP contribution in [0.1, 0.15) is 16.7 Å². The number of nitrogens with zero attached hydrogens (tertiary/aromatic N) is 1. The smallest absolute Gasteiger partial charge is 0.169 e. The van der Waals surface area contributed by atoms with Crippen LogP contribution in [0, 0.1) is 26.7 Å². The molecule has 0 spiro atoms. The van der Waals surface area contributed by atoms with Crippen molar-refractivity contribution in [2.45, 2.75) is 20.8 Å². The van der Waals surface area contributed by atoms with Crippen molar-refractivity contribution >= 4 is 0 Å². The van der Waals surface area contributed by atoms with Gasteiger partial charge in [0.25, 0.3) is 0 Å². The number of hydrogen-bond acceptors (Lipinski definition) is 0. The van der Waals surface area contributed by atoms with Crippen molar-refractivity contribution in [3.63, 3.8) is 0 Å². The summed E-state index contributed by atoms with van der Waals surface area (Å²) in [4.78, 5) is 0. The van der Waals surface area contributed by atoms with Crippen LogP contribution in [0.3, 0.4) is 0 Å². The standard InChI is InChI=1S/C15H17FN/c1-10-5-7-13(12(3)9-10)14-8-6-11(2)15(16)17(14)4/h5-9H,1-4H3/q+1. The first kappa shape index (κ1) is 11.8. The third kappa shape index (κ3) is 2.07. The van der Waals surface area contributed by atoms with Crippen LogP contribution in [0.15, 0.2) is 30.3 Å². The van der Waals surface area contributed by atoms with Gasteiger partial charge in [0, 0.05) is 11.6 Å². The fourth-order valence-electron chi connectivity index (χ4n) is 2.13. The van der Waals surface area contributed by atoms with E-state index in [-0.39, 0.29) is 5.95 Å². The third-order valence-electron chi connectivity index (χ3n) is 3.13. The van der Waals surface area contributed by atoms with Crippen molar-refractivity contribution in [3.8, 4) is 11.3 Å². The largest absolute Gasteiger partial charge is 0.362 e. The van der Waals surface area contributed by atoms with Crippen molar-refractivity contribution in [2.24, 2.45) is 7.05 Å². The SMILES string of the molecule is Cc1ccc(-c2ccc(C)c(F)[n+]2C)c(C)c1. The summed E-state index contributed by atoms with van der Waals surface area (Å²) >= 11 is 0. The molecule has 0 saturated heterocycles. The zero-order valence-corrected chi connectivity index (χ0v) is 10.7. The maximum Gasteiger partial charge on any atom is 0.362 e. The molecule has 2 rings (SSSR count). The molecule has 1 aromatic carbocycles. The lowest BCUT2D eigenvalue weighted by Gasteiger charge is -2.06. The highest BCUT2D eigenvalue weighted by molar-refractivity contribution is 5.61. The molecule has 0 aliphatic rings. The van der Waals surface area contributed by atoms with E-state index in [9.17, 15) is 4.39 Å². The van der Waals surface area contributed by atoms with Gasteiger partial charge in [0.1, 0.15) is 7.05 Å². The monoisotopic (exact) mass is 230 g/mol. The number of halogens is 1. The Morgan fingerprint density at radius 3 is 2.29 bits per heavy atom. The molecule has 88 valence electrons. The molecule has 0 saturated carbocycles. The van der Waals surface area contributed by atoms with Crippen LogP contribution in [0.2, 0.25) is 0 Å². The van der Waals surface area contributed by atoms with Crippen molar-refractivity contribution in [1.29, 1.82) is 0 Å². The molecule has 0 N–H and O–H groups in total. The predicted octanol–water partition coefficient (Wildman–Crippen LogP) is 3.24. The van der Waals surface area contributed by atoms with E-state index in [1.165, 1.54) is 11.1 Å². The number of aromatic nitrogens is 1. The lowest BCUT2D eigenvalue weighted by atomic mass is 10.0. The quantitative estimate of drug-likeness (QED) is 0.523. The summed E-state index contributed by atoms with van der Waals surface area (Å²) in [6.07, 6.45) is 0. The van der Waals surface area contributed by atoms with Gasteiger partial charge < -0.3 is 0 Å². The Kier molecular flexibility index (Phi) is 2.97. The number of aryl methyl sites for hydroxylation is 3. The van der Waals surface area contributed by atoms with Gasteiger partial charge in [-0.2, -0.15) is 4.57 Å². The molecule has 0 bridgehead atoms. The van der Waals surface area contributed by atoms with E-state index >= 15 is 0 Å². The first-order valence-electron chi connectivity index (χ1n) is 5.73. The van der Waals surface area contributed by atoms with Gasteiger partial charge in [0.05, 0.1) is 5.56 Å². The Morgan fingerprint density at radius 1 is 0.941 bits per heavy atom. The second-order valence-electron chi connectivity index (χ2n) is 4.57. The van der Waals surface area contributed by atoms with E-state index in [0.29, 0.717) is 5.56 Å². The fourth-order valence-corrected chi connectivity index (χ4v) is 2.13. The second-order valence-corrected chi connectivity index (χ2v) is 4.57. The third-order valence-corrected chi connectivity index (χ3v) is 3.13. The van der Waals surface area contributed by atoms with Crippen LogP contribution in [0.25, 0.3) is 11.3 Å². The van der Waals surface area contributed by atoms with Crippen LogP contribution in [0.5, 0.6) is 0 Å². The molecule has 0 fully saturated rings. The fraction of sp³-hybridized carbons (Fsp3) is 0.267. The molecular weight excluding hydrogens is 213 g/mol. The molecule has 2 aromatic rings. The Hall–Kier alpha value is -1.70. The summed E-state index contributed by atoms with van der Waals surface area (Å²) in [5, 5.41) is 0. The lowest BCUT2D eigenvalue weighted by Crippen LogP contribution is -2.36. The van der Waals surface area contributed by atoms with E-state index in [1.807, 2.05) is 12.1 Å². The Morgan fingerprint density at radius 2 is 1.65 bits per heavy atom. The normalized spacial score (nSPS) is 10.6.